The summed E-state index contributed by atoms with van der Waals surface area (Å²) < 4.78 is 0. The summed E-state index contributed by atoms with van der Waals surface area (Å²) in [6, 6.07) is 8.54. The van der Waals surface area contributed by atoms with Crippen LogP contribution < -0.4 is 0 Å². The largest absolute Gasteiger partial charge is 0.197 e. The lowest BCUT2D eigenvalue weighted by atomic mass is 9.81. The van der Waals surface area contributed by atoms with Crippen LogP contribution in [0.1, 0.15) is 103 Å². The highest BCUT2D eigenvalue weighted by Crippen LogP contribution is 2.28. The van der Waals surface area contributed by atoms with Gasteiger partial charge in [0.25, 0.3) is 0 Å². The Balaban J connectivity index is 2.38. The van der Waals surface area contributed by atoms with Crippen molar-refractivity contribution >= 4 is 0 Å². The minimum Gasteiger partial charge on any atom is -0.197 e. The molecule has 0 unspecified atom stereocenters. The van der Waals surface area contributed by atoms with Crippen molar-refractivity contribution in [3.05, 3.63) is 34.9 Å². The molecule has 1 aromatic rings. The minimum atomic E-state index is -0.537. The first-order valence-corrected chi connectivity index (χ1v) is 10.2. The van der Waals surface area contributed by atoms with Crippen LogP contribution in [0.2, 0.25) is 0 Å². The lowest BCUT2D eigenvalue weighted by Gasteiger charge is -2.20. The summed E-state index contributed by atoms with van der Waals surface area (Å²) in [4.78, 5) is 0. The van der Waals surface area contributed by atoms with E-state index in [4.69, 9.17) is 6.42 Å². The van der Waals surface area contributed by atoms with E-state index in [9.17, 15) is 5.26 Å². The highest BCUT2D eigenvalue weighted by atomic mass is 14.3. The Labute approximate surface area is 162 Å². The Morgan fingerprint density at radius 3 is 2.00 bits per heavy atom. The summed E-state index contributed by atoms with van der Waals surface area (Å²) in [7, 11) is 0. The van der Waals surface area contributed by atoms with Crippen LogP contribution >= 0.6 is 0 Å². The van der Waals surface area contributed by atoms with Gasteiger partial charge in [0.05, 0.1) is 11.5 Å². The number of hydrogen-bond acceptors (Lipinski definition) is 1. The van der Waals surface area contributed by atoms with Crippen LogP contribution in [0.4, 0.5) is 0 Å². The van der Waals surface area contributed by atoms with E-state index in [1.165, 1.54) is 56.9 Å². The van der Waals surface area contributed by atoms with Crippen LogP contribution in [0.25, 0.3) is 0 Å². The summed E-state index contributed by atoms with van der Waals surface area (Å²) >= 11 is 0. The third-order valence-corrected chi connectivity index (χ3v) is 5.12. The van der Waals surface area contributed by atoms with E-state index < -0.39 is 5.41 Å². The van der Waals surface area contributed by atoms with Gasteiger partial charge in [-0.25, -0.2) is 0 Å². The zero-order valence-corrected chi connectivity index (χ0v) is 17.6. The normalized spacial score (nSPS) is 11.8. The topological polar surface area (TPSA) is 23.8 Å². The average molecular weight is 352 g/mol. The van der Waals surface area contributed by atoms with Crippen LogP contribution in [0, 0.1) is 29.1 Å². The van der Waals surface area contributed by atoms with Gasteiger partial charge in [0.2, 0.25) is 0 Å². The quantitative estimate of drug-likeness (QED) is 0.323. The van der Waals surface area contributed by atoms with E-state index in [0.29, 0.717) is 5.41 Å². The van der Waals surface area contributed by atoms with E-state index in [0.717, 1.165) is 17.5 Å². The predicted molar refractivity (Wildman–Crippen MR) is 113 cm³/mol. The number of unbranched alkanes of at least 4 members (excludes halogenated alkanes) is 6. The van der Waals surface area contributed by atoms with Crippen molar-refractivity contribution in [2.75, 3.05) is 0 Å². The van der Waals surface area contributed by atoms with Gasteiger partial charge in [-0.05, 0) is 49.7 Å². The van der Waals surface area contributed by atoms with Gasteiger partial charge in [-0.2, -0.15) is 5.26 Å². The van der Waals surface area contributed by atoms with Gasteiger partial charge in [-0.1, -0.05) is 83.4 Å². The molecule has 0 radical (unpaired) electrons. The monoisotopic (exact) mass is 351 g/mol. The zero-order valence-electron chi connectivity index (χ0n) is 17.6. The van der Waals surface area contributed by atoms with Gasteiger partial charge < -0.3 is 0 Å². The molecule has 26 heavy (non-hydrogen) atoms. The maximum absolute atomic E-state index is 9.42. The molecule has 1 aromatic carbocycles. The van der Waals surface area contributed by atoms with Crippen molar-refractivity contribution in [1.82, 2.24) is 0 Å². The van der Waals surface area contributed by atoms with Gasteiger partial charge in [-0.15, -0.1) is 6.42 Å². The first kappa shape index (κ1) is 22.3. The number of nitrogens with zero attached hydrogens (tertiary/aromatic N) is 1. The molecule has 0 bridgehead atoms. The molecule has 0 aromatic heterocycles. The third kappa shape index (κ3) is 7.66. The molecule has 0 amide bonds. The van der Waals surface area contributed by atoms with Crippen molar-refractivity contribution in [1.29, 1.82) is 5.26 Å². The first-order valence-electron chi connectivity index (χ1n) is 10.2. The van der Waals surface area contributed by atoms with Crippen molar-refractivity contribution in [3.63, 3.8) is 0 Å². The van der Waals surface area contributed by atoms with Crippen molar-refractivity contribution in [2.45, 2.75) is 97.8 Å². The molecule has 1 rings (SSSR count). The predicted octanol–water partition coefficient (Wildman–Crippen LogP) is 7.18. The molecule has 1 heteroatoms. The molecule has 0 atom stereocenters. The minimum absolute atomic E-state index is 0.476. The van der Waals surface area contributed by atoms with Crippen LogP contribution in [0.15, 0.2) is 18.2 Å². The molecule has 0 saturated carbocycles. The molecule has 0 N–H and O–H groups in total. The molecule has 142 valence electrons. The Hall–Kier alpha value is -1.73. The molecule has 1 nitrogen and oxygen atoms in total. The smallest absolute Gasteiger partial charge is 0.0778 e. The Bertz CT molecular complexity index is 632. The second-order valence-corrected chi connectivity index (χ2v) is 9.26. The molecule has 0 aliphatic rings. The number of aryl methyl sites for hydroxylation is 1. The molecule has 0 spiro atoms. The highest BCUT2D eigenvalue weighted by molar-refractivity contribution is 5.51. The van der Waals surface area contributed by atoms with Gasteiger partial charge in [0, 0.05) is 5.56 Å². The summed E-state index contributed by atoms with van der Waals surface area (Å²) in [5.74, 6) is 2.84. The summed E-state index contributed by atoms with van der Waals surface area (Å²) in [6.07, 6.45) is 17.3. The van der Waals surface area contributed by atoms with Crippen LogP contribution in [-0.4, -0.2) is 0 Å². The van der Waals surface area contributed by atoms with E-state index in [1.807, 2.05) is 26.0 Å². The molecule has 0 fully saturated rings. The standard InChI is InChI=1S/C25H37N/c1-7-22-21(17-15-18-23(22)25(5,6)20-26)16-13-11-9-8-10-12-14-19-24(2,3)4/h1,15,17-18H,8-14,16,19H2,2-6H3. The average Bonchev–Trinajstić information content (AvgIpc) is 2.59. The van der Waals surface area contributed by atoms with Gasteiger partial charge in [-0.3, -0.25) is 0 Å². The Morgan fingerprint density at radius 1 is 0.885 bits per heavy atom. The summed E-state index contributed by atoms with van der Waals surface area (Å²) in [5, 5.41) is 9.42. The number of hydrogen-bond donors (Lipinski definition) is 0. The number of nitriles is 1. The Morgan fingerprint density at radius 2 is 1.46 bits per heavy atom. The summed E-state index contributed by atoms with van der Waals surface area (Å²) in [5.41, 5.74) is 3.08. The number of rotatable bonds is 10. The SMILES string of the molecule is C#Cc1c(CCCCCCCCCC(C)(C)C)cccc1C(C)(C)C#N. The van der Waals surface area contributed by atoms with E-state index in [2.05, 4.69) is 38.8 Å². The first-order chi connectivity index (χ1) is 12.2. The van der Waals surface area contributed by atoms with E-state index in [-0.39, 0.29) is 0 Å². The molecule has 0 heterocycles. The molecular formula is C25H37N. The van der Waals surface area contributed by atoms with Gasteiger partial charge in [0.1, 0.15) is 0 Å². The molecule has 0 saturated heterocycles. The number of terminal acetylenes is 1. The van der Waals surface area contributed by atoms with Crippen molar-refractivity contribution in [3.8, 4) is 18.4 Å². The van der Waals surface area contributed by atoms with E-state index in [1.54, 1.807) is 0 Å². The fourth-order valence-corrected chi connectivity index (χ4v) is 3.41. The van der Waals surface area contributed by atoms with E-state index >= 15 is 0 Å². The van der Waals surface area contributed by atoms with Crippen LogP contribution in [0.5, 0.6) is 0 Å². The fourth-order valence-electron chi connectivity index (χ4n) is 3.41. The zero-order chi connectivity index (χ0) is 19.6. The van der Waals surface area contributed by atoms with Crippen LogP contribution in [-0.2, 0) is 11.8 Å². The lowest BCUT2D eigenvalue weighted by molar-refractivity contribution is 0.356. The van der Waals surface area contributed by atoms with Crippen molar-refractivity contribution < 1.29 is 0 Å². The highest BCUT2D eigenvalue weighted by Gasteiger charge is 2.23. The molecule has 0 aliphatic carbocycles. The maximum atomic E-state index is 9.42. The van der Waals surface area contributed by atoms with Crippen LogP contribution in [0.3, 0.4) is 0 Å². The lowest BCUT2D eigenvalue weighted by Crippen LogP contribution is -2.16. The second-order valence-electron chi connectivity index (χ2n) is 9.26. The maximum Gasteiger partial charge on any atom is 0.0778 e. The third-order valence-electron chi connectivity index (χ3n) is 5.12. The summed E-state index contributed by atoms with van der Waals surface area (Å²) in [6.45, 7) is 10.8. The second kappa shape index (κ2) is 10.4. The molecule has 0 aliphatic heterocycles. The van der Waals surface area contributed by atoms with Gasteiger partial charge >= 0.3 is 0 Å². The van der Waals surface area contributed by atoms with Gasteiger partial charge in [0.15, 0.2) is 0 Å². The van der Waals surface area contributed by atoms with Crippen molar-refractivity contribution in [2.24, 2.45) is 5.41 Å². The fraction of sp³-hybridized carbons (Fsp3) is 0.640. The Kier molecular flexibility index (Phi) is 8.95. The molecular weight excluding hydrogens is 314 g/mol. The number of benzene rings is 1.